The van der Waals surface area contributed by atoms with E-state index in [1.54, 1.807) is 0 Å². The monoisotopic (exact) mass is 176 g/mol. The third-order valence-electron chi connectivity index (χ3n) is 0.409. The van der Waals surface area contributed by atoms with Crippen molar-refractivity contribution in [1.82, 2.24) is 0 Å². The molecule has 0 aromatic carbocycles. The highest BCUT2D eigenvalue weighted by Crippen LogP contribution is 2.19. The second-order valence-electron chi connectivity index (χ2n) is 1.10. The van der Waals surface area contributed by atoms with Crippen LogP contribution in [0.25, 0.3) is 0 Å². The Kier molecular flexibility index (Phi) is 3.51. The number of halogens is 3. The molecule has 0 spiro atoms. The van der Waals surface area contributed by atoms with Gasteiger partial charge in [0.05, 0.1) is 7.11 Å². The summed E-state index contributed by atoms with van der Waals surface area (Å²) in [6.07, 6.45) is -4.95. The largest absolute Gasteiger partial charge is 0.492 e. The van der Waals surface area contributed by atoms with Crippen LogP contribution in [0.2, 0.25) is 0 Å². The number of carbonyl (C=O) groups excluding carboxylic acids is 1. The molecule has 3 nitrogen and oxygen atoms in total. The van der Waals surface area contributed by atoms with Gasteiger partial charge in [-0.3, -0.25) is 4.18 Å². The van der Waals surface area contributed by atoms with E-state index in [4.69, 9.17) is 0 Å². The fourth-order valence-corrected chi connectivity index (χ4v) is 0.336. The predicted molar refractivity (Wildman–Crippen MR) is 26.7 cm³/mol. The van der Waals surface area contributed by atoms with E-state index in [9.17, 15) is 18.0 Å². The minimum atomic E-state index is -4.95. The maximum atomic E-state index is 11.2. The highest BCUT2D eigenvalue weighted by atomic mass is 32.2. The standard InChI is InChI=1S/C3H3F3O3S/c1-8-10-9-2(7)3(4,5)6/h1H3. The summed E-state index contributed by atoms with van der Waals surface area (Å²) in [4.78, 5) is 9.78. The van der Waals surface area contributed by atoms with E-state index >= 15 is 0 Å². The van der Waals surface area contributed by atoms with Crippen molar-refractivity contribution in [2.45, 2.75) is 6.18 Å². The van der Waals surface area contributed by atoms with Crippen molar-refractivity contribution < 1.29 is 26.3 Å². The lowest BCUT2D eigenvalue weighted by Gasteiger charge is -2.01. The van der Waals surface area contributed by atoms with Crippen molar-refractivity contribution in [2.75, 3.05) is 7.11 Å². The summed E-state index contributed by atoms with van der Waals surface area (Å²) in [5, 5.41) is 0. The van der Waals surface area contributed by atoms with Gasteiger partial charge in [-0.2, -0.15) is 13.2 Å². The molecule has 0 aliphatic heterocycles. The van der Waals surface area contributed by atoms with Crippen LogP contribution >= 0.6 is 12.3 Å². The van der Waals surface area contributed by atoms with Gasteiger partial charge >= 0.3 is 12.1 Å². The first-order valence-corrected chi connectivity index (χ1v) is 2.63. The third kappa shape index (κ3) is 3.57. The average molecular weight is 176 g/mol. The number of alkyl halides is 3. The van der Waals surface area contributed by atoms with Gasteiger partial charge in [-0.1, -0.05) is 0 Å². The molecule has 0 aliphatic carbocycles. The Morgan fingerprint density at radius 1 is 1.50 bits per heavy atom. The Balaban J connectivity index is 3.64. The zero-order valence-corrected chi connectivity index (χ0v) is 5.58. The van der Waals surface area contributed by atoms with Crippen LogP contribution in [-0.4, -0.2) is 19.3 Å². The molecule has 0 atom stereocenters. The van der Waals surface area contributed by atoms with Crippen LogP contribution < -0.4 is 0 Å². The lowest BCUT2D eigenvalue weighted by Crippen LogP contribution is -2.23. The van der Waals surface area contributed by atoms with Crippen molar-refractivity contribution in [1.29, 1.82) is 0 Å². The topological polar surface area (TPSA) is 35.5 Å². The Labute approximate surface area is 58.9 Å². The summed E-state index contributed by atoms with van der Waals surface area (Å²) in [5.74, 6) is -2.28. The molecule has 0 saturated carbocycles. The van der Waals surface area contributed by atoms with Gasteiger partial charge in [-0.05, 0) is 0 Å². The Hall–Kier alpha value is -0.430. The molecule has 10 heavy (non-hydrogen) atoms. The van der Waals surface area contributed by atoms with Crippen LogP contribution in [0.5, 0.6) is 0 Å². The second-order valence-corrected chi connectivity index (χ2v) is 1.74. The molecule has 0 bridgehead atoms. The van der Waals surface area contributed by atoms with Gasteiger partial charge in [-0.25, -0.2) is 4.79 Å². The molecular formula is C3H3F3O3S. The minimum absolute atomic E-state index is 0.0265. The summed E-state index contributed by atoms with van der Waals surface area (Å²) in [6.45, 7) is 0. The van der Waals surface area contributed by atoms with E-state index in [0.717, 1.165) is 7.11 Å². The lowest BCUT2D eigenvalue weighted by molar-refractivity contribution is -0.188. The summed E-state index contributed by atoms with van der Waals surface area (Å²) < 4.78 is 41.2. The molecule has 0 aromatic heterocycles. The first kappa shape index (κ1) is 9.57. The highest BCUT2D eigenvalue weighted by Gasteiger charge is 2.41. The maximum absolute atomic E-state index is 11.2. The zero-order valence-electron chi connectivity index (χ0n) is 4.77. The van der Waals surface area contributed by atoms with Gasteiger partial charge in [0, 0.05) is 0 Å². The first-order chi connectivity index (χ1) is 4.48. The van der Waals surface area contributed by atoms with Gasteiger partial charge in [0.25, 0.3) is 0 Å². The molecule has 0 aliphatic rings. The van der Waals surface area contributed by atoms with Crippen molar-refractivity contribution >= 4 is 18.3 Å². The van der Waals surface area contributed by atoms with E-state index in [2.05, 4.69) is 8.37 Å². The van der Waals surface area contributed by atoms with Crippen LogP contribution in [0.1, 0.15) is 0 Å². The fraction of sp³-hybridized carbons (Fsp3) is 0.667. The summed E-state index contributed by atoms with van der Waals surface area (Å²) in [5.41, 5.74) is 0. The quantitative estimate of drug-likeness (QED) is 0.594. The van der Waals surface area contributed by atoms with Crippen LogP contribution in [-0.2, 0) is 13.2 Å². The van der Waals surface area contributed by atoms with Gasteiger partial charge in [0.1, 0.15) is 0 Å². The SMILES string of the molecule is COSOC(=O)C(F)(F)F. The second kappa shape index (κ2) is 3.67. The van der Waals surface area contributed by atoms with Crippen molar-refractivity contribution in [3.8, 4) is 0 Å². The normalized spacial score (nSPS) is 11.2. The summed E-state index contributed by atoms with van der Waals surface area (Å²) in [6, 6.07) is 0. The molecule has 0 radical (unpaired) electrons. The van der Waals surface area contributed by atoms with Crippen molar-refractivity contribution in [3.63, 3.8) is 0 Å². The number of hydrogen-bond acceptors (Lipinski definition) is 4. The zero-order chi connectivity index (χ0) is 8.20. The molecule has 60 valence electrons. The van der Waals surface area contributed by atoms with Crippen LogP contribution in [0.4, 0.5) is 13.2 Å². The molecule has 0 heterocycles. The van der Waals surface area contributed by atoms with E-state index in [1.807, 2.05) is 0 Å². The van der Waals surface area contributed by atoms with Gasteiger partial charge in [-0.15, -0.1) is 0 Å². The number of hydrogen-bond donors (Lipinski definition) is 0. The number of carbonyl (C=O) groups is 1. The van der Waals surface area contributed by atoms with Crippen LogP contribution in [0, 0.1) is 0 Å². The molecule has 0 N–H and O–H groups in total. The smallest absolute Gasteiger partial charge is 0.357 e. The maximum Gasteiger partial charge on any atom is 0.492 e. The van der Waals surface area contributed by atoms with Crippen LogP contribution in [0.15, 0.2) is 0 Å². The fourth-order valence-electron chi connectivity index (χ4n) is 0.112. The molecule has 0 unspecified atom stereocenters. The number of rotatable bonds is 2. The van der Waals surface area contributed by atoms with Crippen molar-refractivity contribution in [3.05, 3.63) is 0 Å². The molecule has 7 heteroatoms. The van der Waals surface area contributed by atoms with Gasteiger partial charge in [0.15, 0.2) is 0 Å². The lowest BCUT2D eigenvalue weighted by atomic mass is 10.7. The highest BCUT2D eigenvalue weighted by molar-refractivity contribution is 7.90. The van der Waals surface area contributed by atoms with Gasteiger partial charge < -0.3 is 4.18 Å². The molecule has 0 amide bonds. The minimum Gasteiger partial charge on any atom is -0.357 e. The molecule has 0 rings (SSSR count). The Bertz CT molecular complexity index is 123. The Morgan fingerprint density at radius 3 is 2.30 bits per heavy atom. The molecule has 0 aromatic rings. The molecular weight excluding hydrogens is 173 g/mol. The van der Waals surface area contributed by atoms with E-state index in [-0.39, 0.29) is 12.3 Å². The van der Waals surface area contributed by atoms with E-state index < -0.39 is 12.1 Å². The van der Waals surface area contributed by atoms with Gasteiger partial charge in [0.2, 0.25) is 12.3 Å². The van der Waals surface area contributed by atoms with Crippen molar-refractivity contribution in [2.24, 2.45) is 0 Å². The van der Waals surface area contributed by atoms with Crippen LogP contribution in [0.3, 0.4) is 0 Å². The Morgan fingerprint density at radius 2 is 2.00 bits per heavy atom. The molecule has 0 fully saturated rings. The summed E-state index contributed by atoms with van der Waals surface area (Å²) >= 11 is -0.0265. The van der Waals surface area contributed by atoms with E-state index in [0.29, 0.717) is 0 Å². The third-order valence-corrected chi connectivity index (χ3v) is 0.765. The summed E-state index contributed by atoms with van der Waals surface area (Å²) in [7, 11) is 1.08. The van der Waals surface area contributed by atoms with E-state index in [1.165, 1.54) is 0 Å². The average Bonchev–Trinajstić information content (AvgIpc) is 1.80. The predicted octanol–water partition coefficient (Wildman–Crippen LogP) is 1.30. The first-order valence-electron chi connectivity index (χ1n) is 1.97. The molecule has 0 saturated heterocycles.